The van der Waals surface area contributed by atoms with E-state index in [1.165, 1.54) is 11.1 Å². The molecule has 1 N–H and O–H groups in total. The van der Waals surface area contributed by atoms with E-state index in [2.05, 4.69) is 29.4 Å². The van der Waals surface area contributed by atoms with Crippen LogP contribution >= 0.6 is 11.6 Å². The Balaban J connectivity index is 2.06. The smallest absolute Gasteiger partial charge is 0.0453 e. The molecule has 0 saturated heterocycles. The summed E-state index contributed by atoms with van der Waals surface area (Å²) in [7, 11) is 0. The summed E-state index contributed by atoms with van der Waals surface area (Å²) in [4.78, 5) is 4.17. The fraction of sp³-hybridized carbons (Fsp3) is 0.353. The Morgan fingerprint density at radius 3 is 2.75 bits per heavy atom. The minimum atomic E-state index is 0.295. The first-order valence-electron chi connectivity index (χ1n) is 7.18. The molecule has 0 fully saturated rings. The van der Waals surface area contributed by atoms with E-state index in [-0.39, 0.29) is 0 Å². The molecule has 1 atom stereocenters. The Labute approximate surface area is 126 Å². The molecular weight excluding hydrogens is 268 g/mol. The van der Waals surface area contributed by atoms with Crippen molar-refractivity contribution in [2.45, 2.75) is 32.2 Å². The summed E-state index contributed by atoms with van der Waals surface area (Å²) in [6, 6.07) is 12.5. The maximum Gasteiger partial charge on any atom is 0.0453 e. The molecule has 3 heteroatoms. The number of hydrogen-bond acceptors (Lipinski definition) is 2. The van der Waals surface area contributed by atoms with E-state index in [0.29, 0.717) is 6.04 Å². The van der Waals surface area contributed by atoms with Gasteiger partial charge in [0.1, 0.15) is 0 Å². The average molecular weight is 289 g/mol. The summed E-state index contributed by atoms with van der Waals surface area (Å²) in [6.07, 6.45) is 6.89. The highest BCUT2D eigenvalue weighted by Crippen LogP contribution is 2.26. The zero-order valence-electron chi connectivity index (χ0n) is 11.8. The molecule has 106 valence electrons. The lowest BCUT2D eigenvalue weighted by Gasteiger charge is -2.20. The summed E-state index contributed by atoms with van der Waals surface area (Å²) < 4.78 is 0. The van der Waals surface area contributed by atoms with Gasteiger partial charge in [0.05, 0.1) is 0 Å². The first kappa shape index (κ1) is 15.0. The van der Waals surface area contributed by atoms with Crippen LogP contribution in [0.2, 0.25) is 5.02 Å². The Morgan fingerprint density at radius 2 is 2.05 bits per heavy atom. The number of pyridine rings is 1. The molecule has 1 heterocycles. The first-order chi connectivity index (χ1) is 9.81. The lowest BCUT2D eigenvalue weighted by molar-refractivity contribution is 0.499. The standard InChI is InChI=1S/C17H21ClN2/c1-2-11-20-17(15-7-3-4-8-16(15)18)10-9-14-6-5-12-19-13-14/h3-8,12-13,17,20H,2,9-11H2,1H3. The number of aryl methyl sites for hydroxylation is 1. The predicted molar refractivity (Wildman–Crippen MR) is 85.0 cm³/mol. The third-order valence-corrected chi connectivity index (χ3v) is 3.71. The highest BCUT2D eigenvalue weighted by molar-refractivity contribution is 6.31. The summed E-state index contributed by atoms with van der Waals surface area (Å²) in [5.41, 5.74) is 2.45. The monoisotopic (exact) mass is 288 g/mol. The maximum atomic E-state index is 6.33. The molecule has 2 rings (SSSR count). The number of halogens is 1. The van der Waals surface area contributed by atoms with Crippen molar-refractivity contribution in [3.63, 3.8) is 0 Å². The van der Waals surface area contributed by atoms with E-state index in [0.717, 1.165) is 30.8 Å². The van der Waals surface area contributed by atoms with Crippen molar-refractivity contribution >= 4 is 11.6 Å². The average Bonchev–Trinajstić information content (AvgIpc) is 2.49. The van der Waals surface area contributed by atoms with Crippen LogP contribution in [0.5, 0.6) is 0 Å². The van der Waals surface area contributed by atoms with Crippen molar-refractivity contribution in [3.05, 3.63) is 64.9 Å². The summed E-state index contributed by atoms with van der Waals surface area (Å²) >= 11 is 6.33. The minimum absolute atomic E-state index is 0.295. The Hall–Kier alpha value is -1.38. The van der Waals surface area contributed by atoms with Crippen LogP contribution < -0.4 is 5.32 Å². The van der Waals surface area contributed by atoms with E-state index in [1.54, 1.807) is 0 Å². The van der Waals surface area contributed by atoms with Gasteiger partial charge in [-0.3, -0.25) is 4.98 Å². The molecule has 0 aliphatic heterocycles. The van der Waals surface area contributed by atoms with E-state index >= 15 is 0 Å². The summed E-state index contributed by atoms with van der Waals surface area (Å²) in [5, 5.41) is 4.43. The molecule has 0 bridgehead atoms. The van der Waals surface area contributed by atoms with Crippen molar-refractivity contribution in [2.24, 2.45) is 0 Å². The van der Waals surface area contributed by atoms with Gasteiger partial charge in [-0.15, -0.1) is 0 Å². The molecule has 0 saturated carbocycles. The van der Waals surface area contributed by atoms with Gasteiger partial charge in [0.2, 0.25) is 0 Å². The van der Waals surface area contributed by atoms with Crippen molar-refractivity contribution < 1.29 is 0 Å². The van der Waals surface area contributed by atoms with Crippen molar-refractivity contribution in [3.8, 4) is 0 Å². The number of hydrogen-bond donors (Lipinski definition) is 1. The lowest BCUT2D eigenvalue weighted by atomic mass is 9.99. The van der Waals surface area contributed by atoms with Gasteiger partial charge in [-0.1, -0.05) is 42.8 Å². The topological polar surface area (TPSA) is 24.9 Å². The minimum Gasteiger partial charge on any atom is -0.310 e. The van der Waals surface area contributed by atoms with E-state index in [4.69, 9.17) is 11.6 Å². The summed E-state index contributed by atoms with van der Waals surface area (Å²) in [5.74, 6) is 0. The van der Waals surface area contributed by atoms with Crippen molar-refractivity contribution in [2.75, 3.05) is 6.54 Å². The Bertz CT molecular complexity index is 513. The SMILES string of the molecule is CCCNC(CCc1cccnc1)c1ccccc1Cl. The third-order valence-electron chi connectivity index (χ3n) is 3.37. The molecule has 1 aromatic carbocycles. The second-order valence-electron chi connectivity index (χ2n) is 4.93. The zero-order chi connectivity index (χ0) is 14.2. The van der Waals surface area contributed by atoms with Crippen LogP contribution in [0.15, 0.2) is 48.8 Å². The number of aromatic nitrogens is 1. The van der Waals surface area contributed by atoms with Gasteiger partial charge in [-0.2, -0.15) is 0 Å². The third kappa shape index (κ3) is 4.32. The van der Waals surface area contributed by atoms with Crippen LogP contribution in [0.4, 0.5) is 0 Å². The molecule has 2 aromatic rings. The maximum absolute atomic E-state index is 6.33. The molecule has 0 aliphatic rings. The van der Waals surface area contributed by atoms with Gasteiger partial charge < -0.3 is 5.32 Å². The van der Waals surface area contributed by atoms with Gasteiger partial charge in [-0.05, 0) is 49.1 Å². The van der Waals surface area contributed by atoms with E-state index in [9.17, 15) is 0 Å². The fourth-order valence-electron chi connectivity index (χ4n) is 2.30. The Morgan fingerprint density at radius 1 is 1.20 bits per heavy atom. The van der Waals surface area contributed by atoms with Crippen molar-refractivity contribution in [1.82, 2.24) is 10.3 Å². The number of benzene rings is 1. The number of nitrogens with zero attached hydrogens (tertiary/aromatic N) is 1. The molecule has 1 aromatic heterocycles. The molecule has 0 radical (unpaired) electrons. The van der Waals surface area contributed by atoms with Crippen LogP contribution in [-0.2, 0) is 6.42 Å². The number of nitrogens with one attached hydrogen (secondary N) is 1. The van der Waals surface area contributed by atoms with Crippen LogP contribution in [0.1, 0.15) is 36.9 Å². The quantitative estimate of drug-likeness (QED) is 0.816. The van der Waals surface area contributed by atoms with Gasteiger partial charge in [-0.25, -0.2) is 0 Å². The van der Waals surface area contributed by atoms with Gasteiger partial charge in [0.15, 0.2) is 0 Å². The second-order valence-corrected chi connectivity index (χ2v) is 5.34. The number of rotatable bonds is 7. The van der Waals surface area contributed by atoms with E-state index in [1.807, 2.05) is 36.7 Å². The highest BCUT2D eigenvalue weighted by atomic mass is 35.5. The van der Waals surface area contributed by atoms with Gasteiger partial charge in [0.25, 0.3) is 0 Å². The van der Waals surface area contributed by atoms with Crippen LogP contribution in [-0.4, -0.2) is 11.5 Å². The zero-order valence-corrected chi connectivity index (χ0v) is 12.6. The van der Waals surface area contributed by atoms with Crippen LogP contribution in [0, 0.1) is 0 Å². The molecule has 20 heavy (non-hydrogen) atoms. The molecule has 0 amide bonds. The fourth-order valence-corrected chi connectivity index (χ4v) is 2.57. The summed E-state index contributed by atoms with van der Waals surface area (Å²) in [6.45, 7) is 3.18. The van der Waals surface area contributed by atoms with Crippen LogP contribution in [0.3, 0.4) is 0 Å². The molecule has 0 aliphatic carbocycles. The predicted octanol–water partition coefficient (Wildman–Crippen LogP) is 4.41. The molecule has 1 unspecified atom stereocenters. The Kier molecular flexibility index (Phi) is 6.03. The lowest BCUT2D eigenvalue weighted by Crippen LogP contribution is -2.23. The van der Waals surface area contributed by atoms with Gasteiger partial charge in [0, 0.05) is 23.5 Å². The van der Waals surface area contributed by atoms with Gasteiger partial charge >= 0.3 is 0 Å². The van der Waals surface area contributed by atoms with E-state index < -0.39 is 0 Å². The molecule has 2 nitrogen and oxygen atoms in total. The molecular formula is C17H21ClN2. The second kappa shape index (κ2) is 8.03. The largest absolute Gasteiger partial charge is 0.310 e. The molecule has 0 spiro atoms. The first-order valence-corrected chi connectivity index (χ1v) is 7.55. The normalized spacial score (nSPS) is 12.3. The highest BCUT2D eigenvalue weighted by Gasteiger charge is 2.13. The van der Waals surface area contributed by atoms with Crippen LogP contribution in [0.25, 0.3) is 0 Å². The van der Waals surface area contributed by atoms with Crippen molar-refractivity contribution in [1.29, 1.82) is 0 Å².